The van der Waals surface area contributed by atoms with Crippen LogP contribution in [-0.2, 0) is 4.79 Å². The summed E-state index contributed by atoms with van der Waals surface area (Å²) in [6.07, 6.45) is 3.09. The fourth-order valence-corrected chi connectivity index (χ4v) is 1.91. The summed E-state index contributed by atoms with van der Waals surface area (Å²) in [5.74, 6) is -1.66. The van der Waals surface area contributed by atoms with Crippen molar-refractivity contribution in [1.82, 2.24) is 10.3 Å². The number of hydrogen-bond acceptors (Lipinski definition) is 3. The van der Waals surface area contributed by atoms with Crippen molar-refractivity contribution in [1.29, 1.82) is 0 Å². The summed E-state index contributed by atoms with van der Waals surface area (Å²) in [4.78, 5) is 27.4. The Hall–Kier alpha value is -1.91. The van der Waals surface area contributed by atoms with Gasteiger partial charge in [-0.3, -0.25) is 9.78 Å². The number of carboxylic acid groups (broad SMARTS) is 1. The van der Waals surface area contributed by atoms with E-state index in [1.165, 1.54) is 13.1 Å². The second-order valence-electron chi connectivity index (χ2n) is 4.87. The maximum absolute atomic E-state index is 12.0. The molecule has 0 saturated heterocycles. The Bertz CT molecular complexity index is 447. The number of hydrogen-bond donors (Lipinski definition) is 2. The highest BCUT2D eigenvalue weighted by atomic mass is 16.4. The molecule has 1 heterocycles. The lowest BCUT2D eigenvalue weighted by Gasteiger charge is -2.32. The van der Waals surface area contributed by atoms with Gasteiger partial charge in [0.1, 0.15) is 11.2 Å². The molecular formula is C14H20N2O3. The van der Waals surface area contributed by atoms with E-state index in [0.717, 1.165) is 12.8 Å². The largest absolute Gasteiger partial charge is 0.480 e. The third kappa shape index (κ3) is 3.53. The topological polar surface area (TPSA) is 79.3 Å². The van der Waals surface area contributed by atoms with Gasteiger partial charge in [0.2, 0.25) is 0 Å². The standard InChI is InChI=1S/C14H20N2O3/c1-4-7-10(2)14(3,13(18)19)16-12(17)11-8-5-6-9-15-11/h5-6,8-10H,4,7H2,1-3H3,(H,16,17)(H,18,19). The van der Waals surface area contributed by atoms with Crippen LogP contribution < -0.4 is 5.32 Å². The number of pyridine rings is 1. The van der Waals surface area contributed by atoms with Crippen LogP contribution in [0, 0.1) is 5.92 Å². The molecule has 1 aromatic heterocycles. The number of aliphatic carboxylic acids is 1. The Kier molecular flexibility index (Phi) is 5.03. The van der Waals surface area contributed by atoms with Crippen molar-refractivity contribution in [3.8, 4) is 0 Å². The molecule has 0 aromatic carbocycles. The van der Waals surface area contributed by atoms with Gasteiger partial charge in [-0.05, 0) is 31.4 Å². The maximum atomic E-state index is 12.0. The molecule has 0 radical (unpaired) electrons. The molecule has 104 valence electrons. The second kappa shape index (κ2) is 6.31. The monoisotopic (exact) mass is 264 g/mol. The first-order valence-electron chi connectivity index (χ1n) is 6.38. The van der Waals surface area contributed by atoms with Gasteiger partial charge >= 0.3 is 5.97 Å². The molecule has 0 saturated carbocycles. The molecule has 2 unspecified atom stereocenters. The van der Waals surface area contributed by atoms with Crippen LogP contribution in [0.1, 0.15) is 44.1 Å². The summed E-state index contributed by atoms with van der Waals surface area (Å²) >= 11 is 0. The van der Waals surface area contributed by atoms with E-state index in [4.69, 9.17) is 0 Å². The van der Waals surface area contributed by atoms with Crippen LogP contribution >= 0.6 is 0 Å². The molecule has 5 nitrogen and oxygen atoms in total. The summed E-state index contributed by atoms with van der Waals surface area (Å²) in [5.41, 5.74) is -1.07. The van der Waals surface area contributed by atoms with Gasteiger partial charge in [0.15, 0.2) is 0 Å². The molecule has 1 rings (SSSR count). The lowest BCUT2D eigenvalue weighted by atomic mass is 9.83. The number of rotatable bonds is 6. The molecule has 5 heteroatoms. The fraction of sp³-hybridized carbons (Fsp3) is 0.500. The molecule has 0 fully saturated rings. The van der Waals surface area contributed by atoms with Crippen LogP contribution in [0.5, 0.6) is 0 Å². The van der Waals surface area contributed by atoms with Gasteiger partial charge < -0.3 is 10.4 Å². The normalized spacial score (nSPS) is 15.3. The van der Waals surface area contributed by atoms with E-state index in [1.807, 2.05) is 13.8 Å². The van der Waals surface area contributed by atoms with Crippen LogP contribution in [0.4, 0.5) is 0 Å². The van der Waals surface area contributed by atoms with E-state index in [9.17, 15) is 14.7 Å². The van der Waals surface area contributed by atoms with Gasteiger partial charge in [-0.15, -0.1) is 0 Å². The summed E-state index contributed by atoms with van der Waals surface area (Å²) in [5, 5.41) is 12.0. The Morgan fingerprint density at radius 1 is 1.47 bits per heavy atom. The zero-order valence-corrected chi connectivity index (χ0v) is 11.5. The van der Waals surface area contributed by atoms with E-state index in [1.54, 1.807) is 18.2 Å². The molecule has 19 heavy (non-hydrogen) atoms. The summed E-state index contributed by atoms with van der Waals surface area (Å²) in [6.45, 7) is 5.35. The first-order valence-corrected chi connectivity index (χ1v) is 6.38. The van der Waals surface area contributed by atoms with Crippen LogP contribution in [0.3, 0.4) is 0 Å². The zero-order valence-electron chi connectivity index (χ0n) is 11.5. The minimum Gasteiger partial charge on any atom is -0.480 e. The smallest absolute Gasteiger partial charge is 0.329 e. The molecule has 0 aliphatic heterocycles. The first-order chi connectivity index (χ1) is 8.91. The fourth-order valence-electron chi connectivity index (χ4n) is 1.91. The predicted octanol–water partition coefficient (Wildman–Crippen LogP) is 2.09. The number of carbonyl (C=O) groups excluding carboxylic acids is 1. The third-order valence-corrected chi connectivity index (χ3v) is 3.42. The van der Waals surface area contributed by atoms with Gasteiger partial charge in [-0.2, -0.15) is 0 Å². The van der Waals surface area contributed by atoms with Crippen molar-refractivity contribution in [3.05, 3.63) is 30.1 Å². The van der Waals surface area contributed by atoms with Crippen molar-refractivity contribution < 1.29 is 14.7 Å². The molecule has 1 aromatic rings. The molecule has 2 atom stereocenters. The second-order valence-corrected chi connectivity index (χ2v) is 4.87. The SMILES string of the molecule is CCCC(C)C(C)(NC(=O)c1ccccn1)C(=O)O. The molecule has 1 amide bonds. The van der Waals surface area contributed by atoms with Crippen molar-refractivity contribution in [2.75, 3.05) is 0 Å². The molecule has 0 aliphatic carbocycles. The van der Waals surface area contributed by atoms with Crippen molar-refractivity contribution in [3.63, 3.8) is 0 Å². The molecular weight excluding hydrogens is 244 g/mol. The van der Waals surface area contributed by atoms with Crippen molar-refractivity contribution >= 4 is 11.9 Å². The molecule has 0 bridgehead atoms. The Labute approximate surface area is 113 Å². The van der Waals surface area contributed by atoms with Crippen molar-refractivity contribution in [2.45, 2.75) is 39.2 Å². The molecule has 0 spiro atoms. The number of carboxylic acids is 1. The van der Waals surface area contributed by atoms with Crippen LogP contribution in [0.2, 0.25) is 0 Å². The number of amides is 1. The maximum Gasteiger partial charge on any atom is 0.329 e. The molecule has 0 aliphatic rings. The number of nitrogens with zero attached hydrogens (tertiary/aromatic N) is 1. The highest BCUT2D eigenvalue weighted by Crippen LogP contribution is 2.22. The van der Waals surface area contributed by atoms with Crippen molar-refractivity contribution in [2.24, 2.45) is 5.92 Å². The average Bonchev–Trinajstić information content (AvgIpc) is 2.39. The first kappa shape index (κ1) is 15.1. The van der Waals surface area contributed by atoms with Crippen LogP contribution in [0.15, 0.2) is 24.4 Å². The predicted molar refractivity (Wildman–Crippen MR) is 71.8 cm³/mol. The number of aromatic nitrogens is 1. The van der Waals surface area contributed by atoms with Crippen LogP contribution in [0.25, 0.3) is 0 Å². The van der Waals surface area contributed by atoms with Gasteiger partial charge in [-0.1, -0.05) is 26.3 Å². The van der Waals surface area contributed by atoms with Gasteiger partial charge in [0.25, 0.3) is 5.91 Å². The van der Waals surface area contributed by atoms with E-state index >= 15 is 0 Å². The van der Waals surface area contributed by atoms with E-state index in [-0.39, 0.29) is 11.6 Å². The lowest BCUT2D eigenvalue weighted by Crippen LogP contribution is -2.56. The number of carbonyl (C=O) groups is 2. The van der Waals surface area contributed by atoms with E-state index in [0.29, 0.717) is 0 Å². The number of nitrogens with one attached hydrogen (secondary N) is 1. The zero-order chi connectivity index (χ0) is 14.5. The highest BCUT2D eigenvalue weighted by Gasteiger charge is 2.40. The van der Waals surface area contributed by atoms with E-state index in [2.05, 4.69) is 10.3 Å². The Morgan fingerprint density at radius 2 is 2.16 bits per heavy atom. The Balaban J connectivity index is 2.91. The highest BCUT2D eigenvalue weighted by molar-refractivity contribution is 5.96. The lowest BCUT2D eigenvalue weighted by molar-refractivity contribution is -0.146. The summed E-state index contributed by atoms with van der Waals surface area (Å²) in [7, 11) is 0. The van der Waals surface area contributed by atoms with Crippen LogP contribution in [-0.4, -0.2) is 27.5 Å². The summed E-state index contributed by atoms with van der Waals surface area (Å²) in [6, 6.07) is 4.95. The van der Waals surface area contributed by atoms with E-state index < -0.39 is 17.4 Å². The Morgan fingerprint density at radius 3 is 2.63 bits per heavy atom. The summed E-state index contributed by atoms with van der Waals surface area (Å²) < 4.78 is 0. The minimum absolute atomic E-state index is 0.164. The van der Waals surface area contributed by atoms with Gasteiger partial charge in [-0.25, -0.2) is 4.79 Å². The molecule has 2 N–H and O–H groups in total. The van der Waals surface area contributed by atoms with Gasteiger partial charge in [0.05, 0.1) is 0 Å². The third-order valence-electron chi connectivity index (χ3n) is 3.42. The minimum atomic E-state index is -1.29. The quantitative estimate of drug-likeness (QED) is 0.824. The van der Waals surface area contributed by atoms with Gasteiger partial charge in [0, 0.05) is 6.20 Å². The average molecular weight is 264 g/mol.